The largest absolute Gasteiger partial charge is 0.481 e. The summed E-state index contributed by atoms with van der Waals surface area (Å²) >= 11 is 0. The maximum absolute atomic E-state index is 12.1. The fourth-order valence-electron chi connectivity index (χ4n) is 3.49. The van der Waals surface area contributed by atoms with Gasteiger partial charge in [0.1, 0.15) is 0 Å². The van der Waals surface area contributed by atoms with E-state index in [1.165, 1.54) is 25.7 Å². The minimum absolute atomic E-state index is 0.0799. The Bertz CT molecular complexity index is 336. The molecule has 1 heterocycles. The molecule has 0 radical (unpaired) electrons. The highest BCUT2D eigenvalue weighted by Crippen LogP contribution is 2.29. The molecule has 4 heteroatoms. The number of carbonyl (C=O) groups excluding carboxylic acids is 1. The molecule has 2 fully saturated rings. The lowest BCUT2D eigenvalue weighted by molar-refractivity contribution is -0.142. The molecule has 4 nitrogen and oxygen atoms in total. The van der Waals surface area contributed by atoms with Crippen molar-refractivity contribution in [3.05, 3.63) is 0 Å². The van der Waals surface area contributed by atoms with Gasteiger partial charge in [-0.15, -0.1) is 0 Å². The van der Waals surface area contributed by atoms with Crippen molar-refractivity contribution in [1.29, 1.82) is 0 Å². The van der Waals surface area contributed by atoms with Gasteiger partial charge < -0.3 is 10.0 Å². The Kier molecular flexibility index (Phi) is 4.83. The Morgan fingerprint density at radius 2 is 1.89 bits per heavy atom. The number of likely N-dealkylation sites (tertiary alicyclic amines) is 1. The van der Waals surface area contributed by atoms with Gasteiger partial charge in [-0.05, 0) is 24.7 Å². The Hall–Kier alpha value is -1.06. The normalized spacial score (nSPS) is 27.9. The van der Waals surface area contributed by atoms with Gasteiger partial charge in [0, 0.05) is 19.5 Å². The second-order valence-electron chi connectivity index (χ2n) is 6.26. The zero-order valence-corrected chi connectivity index (χ0v) is 11.8. The van der Waals surface area contributed by atoms with Crippen LogP contribution in [0.15, 0.2) is 0 Å². The van der Waals surface area contributed by atoms with E-state index in [1.54, 1.807) is 4.90 Å². The van der Waals surface area contributed by atoms with Gasteiger partial charge in [-0.1, -0.05) is 32.6 Å². The lowest BCUT2D eigenvalue weighted by atomic mass is 9.99. The molecule has 1 aliphatic carbocycles. The van der Waals surface area contributed by atoms with E-state index in [9.17, 15) is 9.59 Å². The SMILES string of the molecule is C[C@@H]1CN(C(=O)CCCC2CCCC2)C[C@H]1C(=O)O. The van der Waals surface area contributed by atoms with E-state index in [2.05, 4.69) is 0 Å². The zero-order chi connectivity index (χ0) is 13.8. The number of carbonyl (C=O) groups is 2. The predicted molar refractivity (Wildman–Crippen MR) is 72.7 cm³/mol. The summed E-state index contributed by atoms with van der Waals surface area (Å²) in [4.78, 5) is 24.8. The van der Waals surface area contributed by atoms with Gasteiger partial charge in [-0.25, -0.2) is 0 Å². The molecule has 1 N–H and O–H groups in total. The molecule has 2 atom stereocenters. The van der Waals surface area contributed by atoms with Crippen molar-refractivity contribution in [1.82, 2.24) is 4.90 Å². The number of hydrogen-bond donors (Lipinski definition) is 1. The van der Waals surface area contributed by atoms with Gasteiger partial charge in [0.2, 0.25) is 5.91 Å². The number of carboxylic acids is 1. The van der Waals surface area contributed by atoms with E-state index < -0.39 is 5.97 Å². The van der Waals surface area contributed by atoms with Crippen molar-refractivity contribution in [2.24, 2.45) is 17.8 Å². The number of amides is 1. The first-order chi connectivity index (χ1) is 9.08. The number of hydrogen-bond acceptors (Lipinski definition) is 2. The summed E-state index contributed by atoms with van der Waals surface area (Å²) < 4.78 is 0. The van der Waals surface area contributed by atoms with Crippen LogP contribution >= 0.6 is 0 Å². The van der Waals surface area contributed by atoms with Crippen molar-refractivity contribution in [2.45, 2.75) is 51.9 Å². The third-order valence-electron chi connectivity index (χ3n) is 4.76. The molecular formula is C15H25NO3. The Morgan fingerprint density at radius 1 is 1.21 bits per heavy atom. The molecule has 2 rings (SSSR count). The average Bonchev–Trinajstić information content (AvgIpc) is 2.98. The Labute approximate surface area is 115 Å². The van der Waals surface area contributed by atoms with E-state index in [4.69, 9.17) is 5.11 Å². The van der Waals surface area contributed by atoms with Crippen LogP contribution in [-0.4, -0.2) is 35.0 Å². The number of nitrogens with zero attached hydrogens (tertiary/aromatic N) is 1. The van der Waals surface area contributed by atoms with Crippen LogP contribution < -0.4 is 0 Å². The monoisotopic (exact) mass is 267 g/mol. The molecule has 0 aromatic rings. The molecule has 0 aromatic carbocycles. The number of rotatable bonds is 5. The summed E-state index contributed by atoms with van der Waals surface area (Å²) in [6, 6.07) is 0. The molecule has 0 spiro atoms. The average molecular weight is 267 g/mol. The molecule has 1 saturated heterocycles. The number of aliphatic carboxylic acids is 1. The smallest absolute Gasteiger partial charge is 0.308 e. The van der Waals surface area contributed by atoms with Gasteiger partial charge in [-0.3, -0.25) is 9.59 Å². The van der Waals surface area contributed by atoms with Crippen molar-refractivity contribution < 1.29 is 14.7 Å². The maximum atomic E-state index is 12.1. The topological polar surface area (TPSA) is 57.6 Å². The molecule has 1 amide bonds. The van der Waals surface area contributed by atoms with Crippen molar-refractivity contribution in [3.8, 4) is 0 Å². The lowest BCUT2D eigenvalue weighted by Gasteiger charge is -2.16. The highest BCUT2D eigenvalue weighted by Gasteiger charge is 2.36. The van der Waals surface area contributed by atoms with Gasteiger partial charge >= 0.3 is 5.97 Å². The summed E-state index contributed by atoms with van der Waals surface area (Å²) in [5.74, 6) is -0.0884. The summed E-state index contributed by atoms with van der Waals surface area (Å²) in [7, 11) is 0. The van der Waals surface area contributed by atoms with Crippen LogP contribution in [0.2, 0.25) is 0 Å². The third-order valence-corrected chi connectivity index (χ3v) is 4.76. The van der Waals surface area contributed by atoms with Gasteiger partial charge in [0.25, 0.3) is 0 Å². The molecule has 0 aromatic heterocycles. The molecule has 1 aliphatic heterocycles. The van der Waals surface area contributed by atoms with Crippen molar-refractivity contribution in [2.75, 3.05) is 13.1 Å². The standard InChI is InChI=1S/C15H25NO3/c1-11-9-16(10-13(11)15(18)19)14(17)8-4-7-12-5-2-3-6-12/h11-13H,2-10H2,1H3,(H,18,19)/t11-,13-/m1/s1. The minimum Gasteiger partial charge on any atom is -0.481 e. The van der Waals surface area contributed by atoms with Gasteiger partial charge in [0.05, 0.1) is 5.92 Å². The van der Waals surface area contributed by atoms with E-state index in [-0.39, 0.29) is 17.7 Å². The maximum Gasteiger partial charge on any atom is 0.308 e. The van der Waals surface area contributed by atoms with E-state index in [0.717, 1.165) is 18.8 Å². The summed E-state index contributed by atoms with van der Waals surface area (Å²) in [6.45, 7) is 2.93. The van der Waals surface area contributed by atoms with Crippen LogP contribution in [0.4, 0.5) is 0 Å². The fraction of sp³-hybridized carbons (Fsp3) is 0.867. The first-order valence-electron chi connectivity index (χ1n) is 7.58. The first-order valence-corrected chi connectivity index (χ1v) is 7.58. The molecule has 108 valence electrons. The second kappa shape index (κ2) is 6.40. The van der Waals surface area contributed by atoms with Crippen LogP contribution in [0, 0.1) is 17.8 Å². The van der Waals surface area contributed by atoms with Crippen LogP contribution in [0.1, 0.15) is 51.9 Å². The van der Waals surface area contributed by atoms with E-state index in [0.29, 0.717) is 19.5 Å². The molecule has 0 bridgehead atoms. The van der Waals surface area contributed by atoms with Crippen LogP contribution in [0.5, 0.6) is 0 Å². The van der Waals surface area contributed by atoms with Gasteiger partial charge in [-0.2, -0.15) is 0 Å². The van der Waals surface area contributed by atoms with Crippen LogP contribution in [0.25, 0.3) is 0 Å². The fourth-order valence-corrected chi connectivity index (χ4v) is 3.49. The van der Waals surface area contributed by atoms with Crippen molar-refractivity contribution in [3.63, 3.8) is 0 Å². The highest BCUT2D eigenvalue weighted by atomic mass is 16.4. The highest BCUT2D eigenvalue weighted by molar-refractivity contribution is 5.78. The summed E-state index contributed by atoms with van der Waals surface area (Å²) in [5.41, 5.74) is 0. The van der Waals surface area contributed by atoms with E-state index >= 15 is 0 Å². The molecule has 0 unspecified atom stereocenters. The predicted octanol–water partition coefficient (Wildman–Crippen LogP) is 2.53. The van der Waals surface area contributed by atoms with E-state index in [1.807, 2.05) is 6.92 Å². The van der Waals surface area contributed by atoms with Crippen molar-refractivity contribution >= 4 is 11.9 Å². The second-order valence-corrected chi connectivity index (χ2v) is 6.26. The van der Waals surface area contributed by atoms with Gasteiger partial charge in [0.15, 0.2) is 0 Å². The zero-order valence-electron chi connectivity index (χ0n) is 11.8. The quantitative estimate of drug-likeness (QED) is 0.832. The molecule has 19 heavy (non-hydrogen) atoms. The molecule has 1 saturated carbocycles. The first kappa shape index (κ1) is 14.4. The molecular weight excluding hydrogens is 242 g/mol. The van der Waals surface area contributed by atoms with Crippen LogP contribution in [0.3, 0.4) is 0 Å². The summed E-state index contributed by atoms with van der Waals surface area (Å²) in [6.07, 6.45) is 8.08. The summed E-state index contributed by atoms with van der Waals surface area (Å²) in [5, 5.41) is 9.06. The molecule has 2 aliphatic rings. The Morgan fingerprint density at radius 3 is 2.47 bits per heavy atom. The van der Waals surface area contributed by atoms with Crippen LogP contribution in [-0.2, 0) is 9.59 Å². The Balaban J connectivity index is 1.70. The lowest BCUT2D eigenvalue weighted by Crippen LogP contribution is -2.29. The minimum atomic E-state index is -0.770. The number of carboxylic acid groups (broad SMARTS) is 1. The third kappa shape index (κ3) is 3.71.